The molecule has 0 fully saturated rings. The first-order valence-corrected chi connectivity index (χ1v) is 7.28. The molecule has 3 heteroatoms. The first-order valence-electron chi connectivity index (χ1n) is 7.28. The van der Waals surface area contributed by atoms with Crippen LogP contribution in [0.4, 0.5) is 4.39 Å². The van der Waals surface area contributed by atoms with E-state index in [9.17, 15) is 9.50 Å². The van der Waals surface area contributed by atoms with Crippen molar-refractivity contribution in [2.24, 2.45) is 0 Å². The number of aliphatic hydroxyl groups excluding tert-OH is 1. The number of hydrogen-bond acceptors (Lipinski definition) is 2. The molecule has 1 N–H and O–H groups in total. The van der Waals surface area contributed by atoms with Crippen molar-refractivity contribution in [1.82, 2.24) is 0 Å². The molecule has 2 atom stereocenters. The minimum absolute atomic E-state index is 0.131. The topological polar surface area (TPSA) is 29.5 Å². The van der Waals surface area contributed by atoms with Gasteiger partial charge in [-0.25, -0.2) is 4.39 Å². The monoisotopic (exact) mass is 286 g/mol. The lowest BCUT2D eigenvalue weighted by molar-refractivity contribution is 0.00369. The molecule has 2 aromatic carbocycles. The lowest BCUT2D eigenvalue weighted by atomic mass is 9.92. The molecule has 0 spiro atoms. The molecule has 2 aromatic rings. The summed E-state index contributed by atoms with van der Waals surface area (Å²) in [6, 6.07) is 12.8. The maximum Gasteiger partial charge on any atom is 0.123 e. The fourth-order valence-corrected chi connectivity index (χ4v) is 2.97. The summed E-state index contributed by atoms with van der Waals surface area (Å²) in [6.45, 7) is 2.49. The van der Waals surface area contributed by atoms with Gasteiger partial charge in [0.1, 0.15) is 5.82 Å². The maximum absolute atomic E-state index is 13.5. The number of fused-ring (bicyclic) bond motifs is 1. The van der Waals surface area contributed by atoms with E-state index in [4.69, 9.17) is 4.74 Å². The normalized spacial score (nSPS) is 19.1. The van der Waals surface area contributed by atoms with Gasteiger partial charge in [-0.3, -0.25) is 0 Å². The van der Waals surface area contributed by atoms with Crippen molar-refractivity contribution in [1.29, 1.82) is 0 Å². The minimum Gasteiger partial charge on any atom is -0.388 e. The molecule has 0 aliphatic carbocycles. The Hall–Kier alpha value is -1.71. The van der Waals surface area contributed by atoms with Gasteiger partial charge in [0, 0.05) is 6.42 Å². The second kappa shape index (κ2) is 5.96. The molecule has 0 aromatic heterocycles. The van der Waals surface area contributed by atoms with Crippen LogP contribution < -0.4 is 0 Å². The Morgan fingerprint density at radius 3 is 2.90 bits per heavy atom. The molecule has 0 saturated heterocycles. The van der Waals surface area contributed by atoms with Gasteiger partial charge in [0.25, 0.3) is 0 Å². The Balaban J connectivity index is 1.81. The number of ether oxygens (including phenoxy) is 1. The largest absolute Gasteiger partial charge is 0.388 e. The summed E-state index contributed by atoms with van der Waals surface area (Å²) in [5.41, 5.74) is 3.83. The molecule has 0 saturated carbocycles. The number of aryl methyl sites for hydroxylation is 1. The van der Waals surface area contributed by atoms with Crippen LogP contribution in [-0.2, 0) is 11.2 Å². The summed E-state index contributed by atoms with van der Waals surface area (Å²) < 4.78 is 19.3. The first kappa shape index (κ1) is 14.2. The Morgan fingerprint density at radius 1 is 1.29 bits per heavy atom. The number of hydrogen-bond donors (Lipinski definition) is 1. The van der Waals surface area contributed by atoms with Crippen molar-refractivity contribution in [2.75, 3.05) is 6.61 Å². The Labute approximate surface area is 124 Å². The molecule has 1 heterocycles. The fraction of sp³-hybridized carbons (Fsp3) is 0.333. The average molecular weight is 286 g/mol. The van der Waals surface area contributed by atoms with Gasteiger partial charge >= 0.3 is 0 Å². The quantitative estimate of drug-likeness (QED) is 0.928. The van der Waals surface area contributed by atoms with E-state index in [2.05, 4.69) is 6.07 Å². The predicted molar refractivity (Wildman–Crippen MR) is 79.6 cm³/mol. The lowest BCUT2D eigenvalue weighted by Gasteiger charge is -2.28. The van der Waals surface area contributed by atoms with Crippen molar-refractivity contribution >= 4 is 0 Å². The summed E-state index contributed by atoms with van der Waals surface area (Å²) in [4.78, 5) is 0. The number of halogens is 1. The van der Waals surface area contributed by atoms with Gasteiger partial charge in [-0.2, -0.15) is 0 Å². The molecule has 0 radical (unpaired) electrons. The SMILES string of the molecule is Cc1cc(F)cc(C(O)CC2OCCc3ccccc32)c1. The molecular formula is C18H19FO2. The Morgan fingerprint density at radius 2 is 2.10 bits per heavy atom. The van der Waals surface area contributed by atoms with E-state index in [1.54, 1.807) is 0 Å². The zero-order valence-electron chi connectivity index (χ0n) is 12.1. The molecule has 3 rings (SSSR count). The highest BCUT2D eigenvalue weighted by molar-refractivity contribution is 5.32. The van der Waals surface area contributed by atoms with Gasteiger partial charge in [-0.05, 0) is 47.7 Å². The minimum atomic E-state index is -0.726. The molecule has 0 amide bonds. The summed E-state index contributed by atoms with van der Waals surface area (Å²) >= 11 is 0. The van der Waals surface area contributed by atoms with Crippen molar-refractivity contribution in [3.8, 4) is 0 Å². The molecule has 21 heavy (non-hydrogen) atoms. The third-order valence-corrected chi connectivity index (χ3v) is 3.98. The van der Waals surface area contributed by atoms with Crippen molar-refractivity contribution in [3.63, 3.8) is 0 Å². The second-order valence-electron chi connectivity index (χ2n) is 5.62. The molecule has 1 aliphatic rings. The average Bonchev–Trinajstić information content (AvgIpc) is 2.46. The predicted octanol–water partition coefficient (Wildman–Crippen LogP) is 3.87. The van der Waals surface area contributed by atoms with Crippen molar-refractivity contribution in [2.45, 2.75) is 32.0 Å². The zero-order chi connectivity index (χ0) is 14.8. The Kier molecular flexibility index (Phi) is 4.04. The van der Waals surface area contributed by atoms with E-state index in [0.717, 1.165) is 17.5 Å². The summed E-state index contributed by atoms with van der Waals surface area (Å²) in [6.07, 6.45) is 0.492. The highest BCUT2D eigenvalue weighted by atomic mass is 19.1. The van der Waals surface area contributed by atoms with Gasteiger partial charge in [0.2, 0.25) is 0 Å². The molecular weight excluding hydrogens is 267 g/mol. The van der Waals surface area contributed by atoms with Crippen LogP contribution in [0.1, 0.15) is 40.9 Å². The van der Waals surface area contributed by atoms with Gasteiger partial charge in [-0.15, -0.1) is 0 Å². The number of rotatable bonds is 3. The molecule has 1 aliphatic heterocycles. The van der Waals surface area contributed by atoms with E-state index in [1.807, 2.05) is 31.2 Å². The van der Waals surface area contributed by atoms with Crippen LogP contribution in [0.3, 0.4) is 0 Å². The van der Waals surface area contributed by atoms with E-state index in [1.165, 1.54) is 17.7 Å². The molecule has 2 nitrogen and oxygen atoms in total. The molecule has 2 unspecified atom stereocenters. The van der Waals surface area contributed by atoms with Gasteiger partial charge in [0.05, 0.1) is 18.8 Å². The van der Waals surface area contributed by atoms with Gasteiger partial charge in [-0.1, -0.05) is 30.3 Å². The van der Waals surface area contributed by atoms with E-state index < -0.39 is 6.10 Å². The van der Waals surface area contributed by atoms with Crippen LogP contribution in [0.2, 0.25) is 0 Å². The van der Waals surface area contributed by atoms with E-state index in [0.29, 0.717) is 18.6 Å². The maximum atomic E-state index is 13.5. The highest BCUT2D eigenvalue weighted by Crippen LogP contribution is 2.34. The number of aliphatic hydroxyl groups is 1. The van der Waals surface area contributed by atoms with Crippen LogP contribution in [0.5, 0.6) is 0 Å². The standard InChI is InChI=1S/C18H19FO2/c1-12-8-14(10-15(19)9-12)17(20)11-18-16-5-3-2-4-13(16)6-7-21-18/h2-5,8-10,17-18,20H,6-7,11H2,1H3. The molecule has 110 valence electrons. The summed E-state index contributed by atoms with van der Waals surface area (Å²) in [7, 11) is 0. The Bertz CT molecular complexity index is 619. The van der Waals surface area contributed by atoms with Crippen molar-refractivity contribution in [3.05, 3.63) is 70.5 Å². The van der Waals surface area contributed by atoms with Crippen LogP contribution >= 0.6 is 0 Å². The summed E-state index contributed by atoms with van der Waals surface area (Å²) in [5.74, 6) is -0.311. The smallest absolute Gasteiger partial charge is 0.123 e. The lowest BCUT2D eigenvalue weighted by Crippen LogP contribution is -2.18. The van der Waals surface area contributed by atoms with Crippen LogP contribution in [0, 0.1) is 12.7 Å². The van der Waals surface area contributed by atoms with Gasteiger partial charge in [0.15, 0.2) is 0 Å². The highest BCUT2D eigenvalue weighted by Gasteiger charge is 2.24. The number of benzene rings is 2. The zero-order valence-corrected chi connectivity index (χ0v) is 12.1. The van der Waals surface area contributed by atoms with Gasteiger partial charge < -0.3 is 9.84 Å². The fourth-order valence-electron chi connectivity index (χ4n) is 2.97. The van der Waals surface area contributed by atoms with Crippen LogP contribution in [-0.4, -0.2) is 11.7 Å². The second-order valence-corrected chi connectivity index (χ2v) is 5.62. The van der Waals surface area contributed by atoms with Crippen molar-refractivity contribution < 1.29 is 14.2 Å². The molecule has 0 bridgehead atoms. The van der Waals surface area contributed by atoms with E-state index >= 15 is 0 Å². The first-order chi connectivity index (χ1) is 10.1. The van der Waals surface area contributed by atoms with E-state index in [-0.39, 0.29) is 11.9 Å². The third kappa shape index (κ3) is 3.14. The third-order valence-electron chi connectivity index (χ3n) is 3.98. The summed E-state index contributed by atoms with van der Waals surface area (Å²) in [5, 5.41) is 10.4. The van der Waals surface area contributed by atoms with Crippen LogP contribution in [0.25, 0.3) is 0 Å². The van der Waals surface area contributed by atoms with Crippen LogP contribution in [0.15, 0.2) is 42.5 Å².